The summed E-state index contributed by atoms with van der Waals surface area (Å²) in [6, 6.07) is 13.8. The van der Waals surface area contributed by atoms with Gasteiger partial charge < -0.3 is 9.84 Å². The maximum atomic E-state index is 12.7. The maximum Gasteiger partial charge on any atom is 0.246 e. The molecule has 0 spiro atoms. The van der Waals surface area contributed by atoms with Crippen LogP contribution in [0.15, 0.2) is 53.1 Å². The maximum absolute atomic E-state index is 12.7. The summed E-state index contributed by atoms with van der Waals surface area (Å²) in [5.74, 6) is 0.173. The highest BCUT2D eigenvalue weighted by atomic mass is 32.2. The molecule has 9 heteroatoms. The lowest BCUT2D eigenvalue weighted by Gasteiger charge is -2.28. The van der Waals surface area contributed by atoms with Gasteiger partial charge in [-0.2, -0.15) is 4.98 Å². The number of sulfonamides is 1. The average molecular weight is 429 g/mol. The first kappa shape index (κ1) is 21.5. The number of aryl methyl sites for hydroxylation is 2. The summed E-state index contributed by atoms with van der Waals surface area (Å²) in [7, 11) is -3.69. The molecule has 1 heterocycles. The van der Waals surface area contributed by atoms with Gasteiger partial charge in [0.2, 0.25) is 27.6 Å². The van der Waals surface area contributed by atoms with Crippen molar-refractivity contribution in [1.82, 2.24) is 15.5 Å². The van der Waals surface area contributed by atoms with E-state index < -0.39 is 22.0 Å². The molecular weight excluding hydrogens is 404 g/mol. The zero-order chi connectivity index (χ0) is 21.9. The number of nitrogens with zero attached hydrogens (tertiary/aromatic N) is 3. The molecule has 2 aromatic carbocycles. The summed E-state index contributed by atoms with van der Waals surface area (Å²) >= 11 is 0. The third kappa shape index (κ3) is 5.04. The van der Waals surface area contributed by atoms with Crippen molar-refractivity contribution in [3.8, 4) is 11.4 Å². The van der Waals surface area contributed by atoms with E-state index in [4.69, 9.17) is 4.52 Å². The second-order valence-electron chi connectivity index (χ2n) is 7.18. The van der Waals surface area contributed by atoms with Gasteiger partial charge in [-0.3, -0.25) is 9.10 Å². The third-order valence-corrected chi connectivity index (χ3v) is 5.70. The molecule has 0 aliphatic heterocycles. The van der Waals surface area contributed by atoms with Gasteiger partial charge in [0.05, 0.1) is 18.5 Å². The quantitative estimate of drug-likeness (QED) is 0.620. The molecule has 0 bridgehead atoms. The number of rotatable bonds is 7. The number of nitrogens with one attached hydrogen (secondary N) is 1. The highest BCUT2D eigenvalue weighted by Gasteiger charge is 2.29. The van der Waals surface area contributed by atoms with Crippen LogP contribution >= 0.6 is 0 Å². The van der Waals surface area contributed by atoms with Gasteiger partial charge in [-0.05, 0) is 44.0 Å². The van der Waals surface area contributed by atoms with Crippen LogP contribution in [0, 0.1) is 13.8 Å². The molecule has 3 rings (SSSR count). The van der Waals surface area contributed by atoms with Crippen LogP contribution in [0.2, 0.25) is 0 Å². The van der Waals surface area contributed by atoms with Gasteiger partial charge in [-0.1, -0.05) is 41.6 Å². The smallest absolute Gasteiger partial charge is 0.246 e. The highest BCUT2D eigenvalue weighted by molar-refractivity contribution is 7.92. The summed E-state index contributed by atoms with van der Waals surface area (Å²) < 4.78 is 31.2. The summed E-state index contributed by atoms with van der Waals surface area (Å²) in [5.41, 5.74) is 3.06. The van der Waals surface area contributed by atoms with Crippen molar-refractivity contribution in [3.63, 3.8) is 0 Å². The van der Waals surface area contributed by atoms with E-state index in [1.807, 2.05) is 50.2 Å². The fraction of sp³-hybridized carbons (Fsp3) is 0.286. The van der Waals surface area contributed by atoms with Crippen LogP contribution in [0.4, 0.5) is 5.69 Å². The van der Waals surface area contributed by atoms with Crippen molar-refractivity contribution in [2.45, 2.75) is 33.4 Å². The number of carbonyl (C=O) groups is 1. The first-order valence-electron chi connectivity index (χ1n) is 9.38. The predicted octanol–water partition coefficient (Wildman–Crippen LogP) is 2.82. The van der Waals surface area contributed by atoms with Gasteiger partial charge in [0, 0.05) is 5.56 Å². The molecule has 0 fully saturated rings. The van der Waals surface area contributed by atoms with E-state index in [2.05, 4.69) is 15.5 Å². The van der Waals surface area contributed by atoms with Gasteiger partial charge in [-0.15, -0.1) is 0 Å². The molecule has 0 aliphatic carbocycles. The lowest BCUT2D eigenvalue weighted by Crippen LogP contribution is -2.47. The Kier molecular flexibility index (Phi) is 6.21. The largest absolute Gasteiger partial charge is 0.345 e. The molecule has 0 saturated heterocycles. The number of aromatic nitrogens is 2. The molecule has 3 aromatic rings. The van der Waals surface area contributed by atoms with Crippen LogP contribution < -0.4 is 9.62 Å². The van der Waals surface area contributed by atoms with Crippen LogP contribution in [0.5, 0.6) is 0 Å². The second-order valence-corrected chi connectivity index (χ2v) is 9.04. The van der Waals surface area contributed by atoms with Gasteiger partial charge in [0.1, 0.15) is 6.04 Å². The van der Waals surface area contributed by atoms with Gasteiger partial charge in [0.15, 0.2) is 0 Å². The molecule has 158 valence electrons. The number of amides is 1. The number of hydrogen-bond donors (Lipinski definition) is 1. The summed E-state index contributed by atoms with van der Waals surface area (Å²) in [6.45, 7) is 5.29. The molecule has 1 N–H and O–H groups in total. The SMILES string of the molecule is Cc1cc(C)cc(N([C@H](C)C(=O)NCc2nc(-c3ccccc3)no2)S(C)(=O)=O)c1. The van der Waals surface area contributed by atoms with E-state index in [0.29, 0.717) is 11.5 Å². The Morgan fingerprint density at radius 1 is 1.13 bits per heavy atom. The standard InChI is InChI=1S/C21H24N4O4S/c1-14-10-15(2)12-18(11-14)25(30(4,27)28)16(3)21(26)22-13-19-23-20(24-29-19)17-8-6-5-7-9-17/h5-12,16H,13H2,1-4H3,(H,22,26)/t16-/m1/s1. The predicted molar refractivity (Wildman–Crippen MR) is 114 cm³/mol. The van der Waals surface area contributed by atoms with Gasteiger partial charge in [-0.25, -0.2) is 8.42 Å². The van der Waals surface area contributed by atoms with E-state index in [0.717, 1.165) is 27.3 Å². The molecule has 0 radical (unpaired) electrons. The van der Waals surface area contributed by atoms with E-state index in [1.165, 1.54) is 6.92 Å². The van der Waals surface area contributed by atoms with E-state index in [-0.39, 0.29) is 12.4 Å². The highest BCUT2D eigenvalue weighted by Crippen LogP contribution is 2.24. The molecule has 30 heavy (non-hydrogen) atoms. The minimum Gasteiger partial charge on any atom is -0.345 e. The zero-order valence-corrected chi connectivity index (χ0v) is 18.1. The van der Waals surface area contributed by atoms with Crippen LogP contribution in [-0.4, -0.2) is 36.8 Å². The minimum absolute atomic E-state index is 0.00649. The van der Waals surface area contributed by atoms with Crippen LogP contribution in [0.25, 0.3) is 11.4 Å². The topological polar surface area (TPSA) is 105 Å². The monoisotopic (exact) mass is 428 g/mol. The average Bonchev–Trinajstić information content (AvgIpc) is 3.14. The van der Waals surface area contributed by atoms with Crippen molar-refractivity contribution in [2.75, 3.05) is 10.6 Å². The molecule has 1 atom stereocenters. The number of hydrogen-bond acceptors (Lipinski definition) is 6. The Bertz CT molecular complexity index is 1120. The fourth-order valence-electron chi connectivity index (χ4n) is 3.23. The van der Waals surface area contributed by atoms with Crippen LogP contribution in [0.1, 0.15) is 23.9 Å². The molecule has 0 unspecified atom stereocenters. The fourth-order valence-corrected chi connectivity index (χ4v) is 4.39. The van der Waals surface area contributed by atoms with E-state index in [1.54, 1.807) is 12.1 Å². The summed E-state index contributed by atoms with van der Waals surface area (Å²) in [6.07, 6.45) is 1.08. The van der Waals surface area contributed by atoms with Crippen molar-refractivity contribution in [1.29, 1.82) is 0 Å². The second kappa shape index (κ2) is 8.66. The van der Waals surface area contributed by atoms with Crippen molar-refractivity contribution < 1.29 is 17.7 Å². The molecule has 1 aromatic heterocycles. The minimum atomic E-state index is -3.69. The van der Waals surface area contributed by atoms with Crippen molar-refractivity contribution >= 4 is 21.6 Å². The molecule has 1 amide bonds. The summed E-state index contributed by atoms with van der Waals surface area (Å²) in [4.78, 5) is 17.0. The lowest BCUT2D eigenvalue weighted by atomic mass is 10.1. The zero-order valence-electron chi connectivity index (χ0n) is 17.3. The summed E-state index contributed by atoms with van der Waals surface area (Å²) in [5, 5.41) is 6.58. The molecule has 0 saturated carbocycles. The first-order valence-corrected chi connectivity index (χ1v) is 11.2. The number of carbonyl (C=O) groups excluding carboxylic acids is 1. The Hall–Kier alpha value is -3.20. The van der Waals surface area contributed by atoms with Crippen LogP contribution in [0.3, 0.4) is 0 Å². The van der Waals surface area contributed by atoms with E-state index >= 15 is 0 Å². The van der Waals surface area contributed by atoms with Crippen molar-refractivity contribution in [3.05, 3.63) is 65.5 Å². The lowest BCUT2D eigenvalue weighted by molar-refractivity contribution is -0.122. The Labute approximate surface area is 176 Å². The van der Waals surface area contributed by atoms with E-state index in [9.17, 15) is 13.2 Å². The normalized spacial score (nSPS) is 12.4. The van der Waals surface area contributed by atoms with Crippen molar-refractivity contribution in [2.24, 2.45) is 0 Å². The molecule has 0 aliphatic rings. The number of benzene rings is 2. The van der Waals surface area contributed by atoms with Crippen LogP contribution in [-0.2, 0) is 21.4 Å². The Morgan fingerprint density at radius 2 is 1.77 bits per heavy atom. The molecular formula is C21H24N4O4S. The molecule has 8 nitrogen and oxygen atoms in total. The first-order chi connectivity index (χ1) is 14.1. The number of anilines is 1. The van der Waals surface area contributed by atoms with Gasteiger partial charge in [0.25, 0.3) is 0 Å². The Morgan fingerprint density at radius 3 is 2.37 bits per heavy atom. The van der Waals surface area contributed by atoms with Gasteiger partial charge >= 0.3 is 0 Å². The third-order valence-electron chi connectivity index (χ3n) is 4.46. The Balaban J connectivity index is 1.74.